The van der Waals surface area contributed by atoms with Crippen LogP contribution < -0.4 is 0 Å². The van der Waals surface area contributed by atoms with E-state index in [-0.39, 0.29) is 5.82 Å². The molecule has 0 N–H and O–H groups in total. The quantitative estimate of drug-likeness (QED) is 0.449. The summed E-state index contributed by atoms with van der Waals surface area (Å²) in [7, 11) is 0. The molecule has 2 aliphatic carbocycles. The predicted octanol–water partition coefficient (Wildman–Crippen LogP) is 8.46. The van der Waals surface area contributed by atoms with E-state index in [1.807, 2.05) is 19.1 Å². The number of benzene rings is 2. The molecule has 4 atom stereocenters. The molecular weight excluding hydrogens is 355 g/mol. The standard InChI is InChI=1S/C28H35F/c1-3-4-5-6-21-8-9-26-19-25(15-14-24(26)18-21)22-10-12-23(13-11-22)27-16-7-20(2)17-28(27)29/h3-4,7,10-13,16-17,21,24-26H,5-6,8-9,14-15,18-19H2,1-2H3/b4-3+. The Morgan fingerprint density at radius 2 is 1.69 bits per heavy atom. The van der Waals surface area contributed by atoms with E-state index in [0.29, 0.717) is 11.5 Å². The lowest BCUT2D eigenvalue weighted by Gasteiger charge is -2.42. The van der Waals surface area contributed by atoms with E-state index < -0.39 is 0 Å². The van der Waals surface area contributed by atoms with Crippen molar-refractivity contribution >= 4 is 0 Å². The Labute approximate surface area is 176 Å². The zero-order valence-electron chi connectivity index (χ0n) is 18.0. The van der Waals surface area contributed by atoms with Crippen molar-refractivity contribution in [2.24, 2.45) is 17.8 Å². The van der Waals surface area contributed by atoms with Crippen LogP contribution in [0.4, 0.5) is 4.39 Å². The van der Waals surface area contributed by atoms with Gasteiger partial charge in [-0.05, 0) is 105 Å². The van der Waals surface area contributed by atoms with Gasteiger partial charge in [0.1, 0.15) is 5.82 Å². The molecule has 4 rings (SSSR count). The molecule has 1 heteroatoms. The normalized spacial score (nSPS) is 27.1. The van der Waals surface area contributed by atoms with Crippen LogP contribution in [0.25, 0.3) is 11.1 Å². The van der Waals surface area contributed by atoms with Crippen molar-refractivity contribution < 1.29 is 4.39 Å². The average molecular weight is 391 g/mol. The van der Waals surface area contributed by atoms with Gasteiger partial charge in [-0.2, -0.15) is 0 Å². The lowest BCUT2D eigenvalue weighted by molar-refractivity contribution is 0.115. The van der Waals surface area contributed by atoms with Gasteiger partial charge >= 0.3 is 0 Å². The van der Waals surface area contributed by atoms with Gasteiger partial charge in [0, 0.05) is 5.56 Å². The molecule has 154 valence electrons. The third-order valence-corrected chi connectivity index (χ3v) is 7.52. The van der Waals surface area contributed by atoms with Crippen molar-refractivity contribution in [1.82, 2.24) is 0 Å². The summed E-state index contributed by atoms with van der Waals surface area (Å²) in [6.07, 6.45) is 15.5. The largest absolute Gasteiger partial charge is 0.206 e. The highest BCUT2D eigenvalue weighted by molar-refractivity contribution is 5.64. The van der Waals surface area contributed by atoms with Crippen LogP contribution in [-0.4, -0.2) is 0 Å². The van der Waals surface area contributed by atoms with E-state index in [4.69, 9.17) is 0 Å². The molecule has 2 saturated carbocycles. The second kappa shape index (κ2) is 9.28. The summed E-state index contributed by atoms with van der Waals surface area (Å²) in [6.45, 7) is 4.06. The third kappa shape index (κ3) is 4.82. The maximum Gasteiger partial charge on any atom is 0.131 e. The topological polar surface area (TPSA) is 0 Å². The molecule has 0 heterocycles. The van der Waals surface area contributed by atoms with Crippen LogP contribution >= 0.6 is 0 Å². The first kappa shape index (κ1) is 20.4. The second-order valence-corrected chi connectivity index (χ2v) is 9.46. The molecule has 0 nitrogen and oxygen atoms in total. The van der Waals surface area contributed by atoms with Gasteiger partial charge in [-0.15, -0.1) is 0 Å². The lowest BCUT2D eigenvalue weighted by atomic mass is 9.63. The van der Waals surface area contributed by atoms with Crippen LogP contribution in [0.15, 0.2) is 54.6 Å². The minimum absolute atomic E-state index is 0.121. The molecule has 2 aliphatic rings. The van der Waals surface area contributed by atoms with E-state index in [1.54, 1.807) is 6.07 Å². The Hall–Kier alpha value is -1.89. The zero-order chi connectivity index (χ0) is 20.2. The SMILES string of the molecule is C/C=C/CCC1CCC2CC(c3ccc(-c4ccc(C)cc4F)cc3)CCC2C1. The molecule has 0 amide bonds. The summed E-state index contributed by atoms with van der Waals surface area (Å²) in [6, 6.07) is 14.3. The zero-order valence-corrected chi connectivity index (χ0v) is 18.0. The Morgan fingerprint density at radius 3 is 2.45 bits per heavy atom. The molecule has 0 radical (unpaired) electrons. The first-order valence-electron chi connectivity index (χ1n) is 11.6. The maximum atomic E-state index is 14.3. The van der Waals surface area contributed by atoms with Crippen molar-refractivity contribution in [3.63, 3.8) is 0 Å². The number of aryl methyl sites for hydroxylation is 1. The highest BCUT2D eigenvalue weighted by atomic mass is 19.1. The van der Waals surface area contributed by atoms with Crippen molar-refractivity contribution in [2.45, 2.75) is 71.1 Å². The van der Waals surface area contributed by atoms with Gasteiger partial charge in [0.15, 0.2) is 0 Å². The maximum absolute atomic E-state index is 14.3. The number of hydrogen-bond donors (Lipinski definition) is 0. The van der Waals surface area contributed by atoms with Gasteiger partial charge in [0.2, 0.25) is 0 Å². The first-order valence-corrected chi connectivity index (χ1v) is 11.6. The Balaban J connectivity index is 1.37. The molecule has 0 spiro atoms. The molecule has 29 heavy (non-hydrogen) atoms. The Kier molecular flexibility index (Phi) is 6.53. The van der Waals surface area contributed by atoms with E-state index in [2.05, 4.69) is 43.3 Å². The Bertz CT molecular complexity index is 832. The number of rotatable bonds is 5. The highest BCUT2D eigenvalue weighted by Gasteiger charge is 2.35. The lowest BCUT2D eigenvalue weighted by Crippen LogP contribution is -2.30. The summed E-state index contributed by atoms with van der Waals surface area (Å²) in [4.78, 5) is 0. The van der Waals surface area contributed by atoms with Crippen LogP contribution in [0.3, 0.4) is 0 Å². The fourth-order valence-corrected chi connectivity index (χ4v) is 5.84. The molecule has 2 aromatic rings. The highest BCUT2D eigenvalue weighted by Crippen LogP contribution is 2.48. The summed E-state index contributed by atoms with van der Waals surface area (Å²) >= 11 is 0. The van der Waals surface area contributed by atoms with E-state index in [9.17, 15) is 4.39 Å². The molecule has 0 aromatic heterocycles. The Morgan fingerprint density at radius 1 is 0.931 bits per heavy atom. The fraction of sp³-hybridized carbons (Fsp3) is 0.500. The molecule has 2 fully saturated rings. The number of allylic oxidation sites excluding steroid dienone is 2. The van der Waals surface area contributed by atoms with Gasteiger partial charge < -0.3 is 0 Å². The molecule has 4 unspecified atom stereocenters. The van der Waals surface area contributed by atoms with Crippen LogP contribution in [0.2, 0.25) is 0 Å². The van der Waals surface area contributed by atoms with Crippen molar-refractivity contribution in [3.05, 3.63) is 71.6 Å². The van der Waals surface area contributed by atoms with Crippen molar-refractivity contribution in [2.75, 3.05) is 0 Å². The van der Waals surface area contributed by atoms with Gasteiger partial charge in [0.25, 0.3) is 0 Å². The summed E-state index contributed by atoms with van der Waals surface area (Å²) in [5, 5.41) is 0. The van der Waals surface area contributed by atoms with Crippen LogP contribution in [0.5, 0.6) is 0 Å². The van der Waals surface area contributed by atoms with Gasteiger partial charge in [0.05, 0.1) is 0 Å². The predicted molar refractivity (Wildman–Crippen MR) is 122 cm³/mol. The minimum atomic E-state index is -0.121. The minimum Gasteiger partial charge on any atom is -0.206 e. The van der Waals surface area contributed by atoms with Gasteiger partial charge in [-0.1, -0.05) is 55.0 Å². The fourth-order valence-electron chi connectivity index (χ4n) is 5.84. The summed E-state index contributed by atoms with van der Waals surface area (Å²) in [5.74, 6) is 3.39. The summed E-state index contributed by atoms with van der Waals surface area (Å²) < 4.78 is 14.3. The monoisotopic (exact) mass is 390 g/mol. The van der Waals surface area contributed by atoms with Crippen molar-refractivity contribution in [3.8, 4) is 11.1 Å². The molecule has 2 aromatic carbocycles. The number of halogens is 1. The first-order chi connectivity index (χ1) is 14.1. The van der Waals surface area contributed by atoms with E-state index >= 15 is 0 Å². The van der Waals surface area contributed by atoms with E-state index in [0.717, 1.165) is 28.9 Å². The molecule has 0 saturated heterocycles. The third-order valence-electron chi connectivity index (χ3n) is 7.52. The average Bonchev–Trinajstić information content (AvgIpc) is 2.74. The van der Waals surface area contributed by atoms with Crippen molar-refractivity contribution in [1.29, 1.82) is 0 Å². The van der Waals surface area contributed by atoms with Gasteiger partial charge in [-0.3, -0.25) is 0 Å². The van der Waals surface area contributed by atoms with Gasteiger partial charge in [-0.25, -0.2) is 4.39 Å². The smallest absolute Gasteiger partial charge is 0.131 e. The van der Waals surface area contributed by atoms with E-state index in [1.165, 1.54) is 56.9 Å². The molecular formula is C28H35F. The van der Waals surface area contributed by atoms with Crippen LogP contribution in [-0.2, 0) is 0 Å². The second-order valence-electron chi connectivity index (χ2n) is 9.46. The molecule has 0 bridgehead atoms. The summed E-state index contributed by atoms with van der Waals surface area (Å²) in [5.41, 5.74) is 4.12. The van der Waals surface area contributed by atoms with Crippen LogP contribution in [0, 0.1) is 30.5 Å². The molecule has 0 aliphatic heterocycles. The van der Waals surface area contributed by atoms with Crippen LogP contribution in [0.1, 0.15) is 75.3 Å². The number of hydrogen-bond acceptors (Lipinski definition) is 0. The number of fused-ring (bicyclic) bond motifs is 1.